The Balaban J connectivity index is 1.26. The summed E-state index contributed by atoms with van der Waals surface area (Å²) in [5.41, 5.74) is 2.45. The minimum atomic E-state index is -0.657. The van der Waals surface area contributed by atoms with Crippen LogP contribution in [-0.2, 0) is 13.0 Å². The molecule has 0 bridgehead atoms. The molecule has 194 valence electrons. The van der Waals surface area contributed by atoms with Gasteiger partial charge in [-0.1, -0.05) is 24.3 Å². The lowest BCUT2D eigenvalue weighted by atomic mass is 9.99. The summed E-state index contributed by atoms with van der Waals surface area (Å²) in [6, 6.07) is 12.0. The van der Waals surface area contributed by atoms with Crippen LogP contribution in [0, 0.1) is 0 Å². The number of likely N-dealkylation sites (N-methyl/N-ethyl adjacent to an activating group) is 1. The van der Waals surface area contributed by atoms with Crippen LogP contribution in [0.5, 0.6) is 11.8 Å². The number of hydrogen-bond donors (Lipinski definition) is 1. The topological polar surface area (TPSA) is 78.4 Å². The van der Waals surface area contributed by atoms with E-state index in [9.17, 15) is 9.90 Å². The summed E-state index contributed by atoms with van der Waals surface area (Å²) in [5.74, 6) is 0.614. The Bertz CT molecular complexity index is 1090. The first-order chi connectivity index (χ1) is 17.3. The molecule has 0 unspecified atom stereocenters. The highest BCUT2D eigenvalue weighted by Crippen LogP contribution is 2.31. The van der Waals surface area contributed by atoms with Crippen LogP contribution in [0.4, 0.5) is 0 Å². The second-order valence-corrected chi connectivity index (χ2v) is 11.1. The number of aliphatic hydroxyl groups excluding tert-OH is 1. The van der Waals surface area contributed by atoms with E-state index in [0.29, 0.717) is 30.4 Å². The molecule has 5 rings (SSSR count). The van der Waals surface area contributed by atoms with Gasteiger partial charge in [0, 0.05) is 38.8 Å². The van der Waals surface area contributed by atoms with Gasteiger partial charge in [-0.2, -0.15) is 4.98 Å². The molecule has 1 aromatic heterocycles. The van der Waals surface area contributed by atoms with Gasteiger partial charge in [-0.25, -0.2) is 0 Å². The second-order valence-electron chi connectivity index (χ2n) is 11.1. The fourth-order valence-corrected chi connectivity index (χ4v) is 5.58. The average molecular weight is 495 g/mol. The molecule has 0 saturated carbocycles. The maximum absolute atomic E-state index is 13.5. The summed E-state index contributed by atoms with van der Waals surface area (Å²) >= 11 is 0. The van der Waals surface area contributed by atoms with Gasteiger partial charge in [0.25, 0.3) is 5.91 Å². The van der Waals surface area contributed by atoms with Crippen molar-refractivity contribution in [2.24, 2.45) is 0 Å². The number of likely N-dealkylation sites (tertiary alicyclic amines) is 1. The molecule has 1 fully saturated rings. The monoisotopic (exact) mass is 494 g/mol. The number of fused-ring (bicyclic) bond motifs is 2. The first kappa shape index (κ1) is 25.0. The van der Waals surface area contributed by atoms with Crippen molar-refractivity contribution in [1.82, 2.24) is 19.7 Å². The number of piperidine rings is 1. The quantitative estimate of drug-likeness (QED) is 0.661. The van der Waals surface area contributed by atoms with Gasteiger partial charge in [0.15, 0.2) is 0 Å². The predicted molar refractivity (Wildman–Crippen MR) is 137 cm³/mol. The summed E-state index contributed by atoms with van der Waals surface area (Å²) in [4.78, 5) is 24.3. The molecule has 0 spiro atoms. The number of nitrogens with zero attached hydrogens (tertiary/aromatic N) is 4. The van der Waals surface area contributed by atoms with Crippen LogP contribution in [0.25, 0.3) is 0 Å². The lowest BCUT2D eigenvalue weighted by Gasteiger charge is -2.33. The van der Waals surface area contributed by atoms with E-state index in [1.165, 1.54) is 11.1 Å². The number of rotatable bonds is 6. The minimum absolute atomic E-state index is 0.0807. The summed E-state index contributed by atoms with van der Waals surface area (Å²) in [6.45, 7) is 8.69. The molecular weight excluding hydrogens is 456 g/mol. The maximum atomic E-state index is 13.5. The third kappa shape index (κ3) is 5.82. The number of ether oxygens (including phenoxy) is 2. The normalized spacial score (nSPS) is 23.3. The van der Waals surface area contributed by atoms with Crippen molar-refractivity contribution in [3.63, 3.8) is 0 Å². The van der Waals surface area contributed by atoms with E-state index in [4.69, 9.17) is 9.47 Å². The summed E-state index contributed by atoms with van der Waals surface area (Å²) < 4.78 is 12.3. The predicted octanol–water partition coefficient (Wildman–Crippen LogP) is 2.59. The van der Waals surface area contributed by atoms with Crippen LogP contribution in [0.1, 0.15) is 48.2 Å². The van der Waals surface area contributed by atoms with Gasteiger partial charge in [0.2, 0.25) is 11.8 Å². The SMILES string of the molecule is CN1CCC[C@@H](Oc2ccc3c(n2)OC(C)(C)CN(C[C@H](O)CN2CCc4ccccc4C2)C3=O)C1. The van der Waals surface area contributed by atoms with Gasteiger partial charge in [0.1, 0.15) is 17.3 Å². The Hall–Kier alpha value is -2.68. The molecule has 36 heavy (non-hydrogen) atoms. The lowest BCUT2D eigenvalue weighted by molar-refractivity contribution is 0.0275. The third-order valence-corrected chi connectivity index (χ3v) is 7.28. The van der Waals surface area contributed by atoms with Gasteiger partial charge < -0.3 is 24.4 Å². The molecule has 3 aliphatic rings. The molecular formula is C28H38N4O4. The zero-order valence-electron chi connectivity index (χ0n) is 21.7. The number of carbonyl (C=O) groups is 1. The van der Waals surface area contributed by atoms with E-state index in [-0.39, 0.29) is 18.6 Å². The average Bonchev–Trinajstić information content (AvgIpc) is 2.91. The van der Waals surface area contributed by atoms with E-state index in [1.807, 2.05) is 13.8 Å². The molecule has 1 saturated heterocycles. The molecule has 8 heteroatoms. The van der Waals surface area contributed by atoms with Crippen LogP contribution < -0.4 is 9.47 Å². The van der Waals surface area contributed by atoms with Crippen molar-refractivity contribution in [3.05, 3.63) is 53.1 Å². The van der Waals surface area contributed by atoms with Gasteiger partial charge >= 0.3 is 0 Å². The highest BCUT2D eigenvalue weighted by Gasteiger charge is 2.36. The first-order valence-electron chi connectivity index (χ1n) is 13.1. The van der Waals surface area contributed by atoms with Crippen LogP contribution in [0.15, 0.2) is 36.4 Å². The molecule has 0 radical (unpaired) electrons. The number of benzene rings is 1. The van der Waals surface area contributed by atoms with E-state index < -0.39 is 11.7 Å². The highest BCUT2D eigenvalue weighted by atomic mass is 16.5. The van der Waals surface area contributed by atoms with Crippen molar-refractivity contribution < 1.29 is 19.4 Å². The van der Waals surface area contributed by atoms with Crippen molar-refractivity contribution in [2.45, 2.75) is 57.5 Å². The molecule has 0 aliphatic carbocycles. The van der Waals surface area contributed by atoms with Crippen LogP contribution in [0.2, 0.25) is 0 Å². The molecule has 3 aliphatic heterocycles. The van der Waals surface area contributed by atoms with E-state index in [0.717, 1.165) is 45.4 Å². The van der Waals surface area contributed by atoms with Gasteiger partial charge in [0.05, 0.1) is 12.6 Å². The lowest BCUT2D eigenvalue weighted by Crippen LogP contribution is -2.48. The third-order valence-electron chi connectivity index (χ3n) is 7.28. The molecule has 8 nitrogen and oxygen atoms in total. The van der Waals surface area contributed by atoms with Crippen molar-refractivity contribution in [2.75, 3.05) is 46.3 Å². The number of pyridine rings is 1. The number of β-amino-alcohol motifs (C(OH)–C–C–N with tert-alkyl or cyclic N) is 1. The number of carbonyl (C=O) groups excluding carboxylic acids is 1. The maximum Gasteiger partial charge on any atom is 0.259 e. The summed E-state index contributed by atoms with van der Waals surface area (Å²) in [6.07, 6.45) is 2.48. The van der Waals surface area contributed by atoms with E-state index in [2.05, 4.69) is 46.1 Å². The molecule has 4 heterocycles. The van der Waals surface area contributed by atoms with Crippen molar-refractivity contribution in [3.8, 4) is 11.8 Å². The number of hydrogen-bond acceptors (Lipinski definition) is 7. The zero-order valence-corrected chi connectivity index (χ0v) is 21.7. The largest absolute Gasteiger partial charge is 0.473 e. The Morgan fingerprint density at radius 2 is 1.97 bits per heavy atom. The zero-order chi connectivity index (χ0) is 25.3. The Morgan fingerprint density at radius 3 is 2.78 bits per heavy atom. The highest BCUT2D eigenvalue weighted by molar-refractivity contribution is 5.97. The molecule has 2 atom stereocenters. The molecule has 1 aromatic carbocycles. The van der Waals surface area contributed by atoms with Crippen molar-refractivity contribution in [1.29, 1.82) is 0 Å². The fraction of sp³-hybridized carbons (Fsp3) is 0.571. The van der Waals surface area contributed by atoms with Crippen LogP contribution >= 0.6 is 0 Å². The van der Waals surface area contributed by atoms with Gasteiger partial charge in [-0.15, -0.1) is 0 Å². The van der Waals surface area contributed by atoms with Crippen LogP contribution in [0.3, 0.4) is 0 Å². The Kier molecular flexibility index (Phi) is 7.19. The minimum Gasteiger partial charge on any atom is -0.473 e. The fourth-order valence-electron chi connectivity index (χ4n) is 5.58. The Labute approximate surface area is 213 Å². The standard InChI is InChI=1S/C28H38N4O4/c1-28(2)19-32(17-22(33)16-31-14-12-20-7-4-5-8-21(20)15-31)27(34)24-10-11-25(29-26(24)36-28)35-23-9-6-13-30(3)18-23/h4-5,7-8,10-11,22-23,33H,6,9,12-19H2,1-3H3/t22-,23-/m1/s1. The molecule has 2 aromatic rings. The van der Waals surface area contributed by atoms with E-state index in [1.54, 1.807) is 17.0 Å². The summed E-state index contributed by atoms with van der Waals surface area (Å²) in [7, 11) is 2.09. The van der Waals surface area contributed by atoms with E-state index >= 15 is 0 Å². The molecule has 1 amide bonds. The molecule has 1 N–H and O–H groups in total. The number of aliphatic hydroxyl groups is 1. The van der Waals surface area contributed by atoms with Crippen LogP contribution in [-0.4, -0.2) is 94.8 Å². The van der Waals surface area contributed by atoms with Gasteiger partial charge in [-0.3, -0.25) is 9.69 Å². The summed E-state index contributed by atoms with van der Waals surface area (Å²) in [5, 5.41) is 11.0. The number of aromatic nitrogens is 1. The Morgan fingerprint density at radius 1 is 1.17 bits per heavy atom. The first-order valence-corrected chi connectivity index (χ1v) is 13.1. The smallest absolute Gasteiger partial charge is 0.259 e. The second kappa shape index (κ2) is 10.4. The number of amides is 1. The van der Waals surface area contributed by atoms with Gasteiger partial charge in [-0.05, 0) is 63.9 Å². The van der Waals surface area contributed by atoms with Crippen molar-refractivity contribution >= 4 is 5.91 Å².